The Balaban J connectivity index is 1.14. The monoisotopic (exact) mass is 690 g/mol. The van der Waals surface area contributed by atoms with Gasteiger partial charge in [0.05, 0.1) is 11.0 Å². The summed E-state index contributed by atoms with van der Waals surface area (Å²) in [6.07, 6.45) is 0. The first kappa shape index (κ1) is 29.0. The fraction of sp³-hybridized carbons (Fsp3) is 0. The van der Waals surface area contributed by atoms with Gasteiger partial charge in [-0.1, -0.05) is 115 Å². The largest absolute Gasteiger partial charge is 0.310 e. The van der Waals surface area contributed by atoms with Crippen molar-refractivity contribution >= 4 is 91.9 Å². The number of benzene rings is 9. The zero-order chi connectivity index (χ0) is 34.6. The summed E-state index contributed by atoms with van der Waals surface area (Å²) in [6, 6.07) is 67.3. The molecule has 2 nitrogen and oxygen atoms in total. The van der Waals surface area contributed by atoms with Gasteiger partial charge in [-0.25, -0.2) is 0 Å². The number of hydrogen-bond acceptors (Lipinski definition) is 2. The number of fused-ring (bicyclic) bond motifs is 11. The summed E-state index contributed by atoms with van der Waals surface area (Å²) < 4.78 is 5.01. The van der Waals surface area contributed by atoms with Gasteiger partial charge in [0.2, 0.25) is 0 Å². The molecule has 53 heavy (non-hydrogen) atoms. The Kier molecular flexibility index (Phi) is 5.96. The summed E-state index contributed by atoms with van der Waals surface area (Å²) in [5.74, 6) is 0. The Morgan fingerprint density at radius 3 is 1.94 bits per heavy atom. The van der Waals surface area contributed by atoms with Crippen LogP contribution in [0.25, 0.3) is 91.5 Å². The Morgan fingerprint density at radius 2 is 1.04 bits per heavy atom. The molecule has 11 aromatic rings. The highest BCUT2D eigenvalue weighted by atomic mass is 32.1. The average molecular weight is 691 g/mol. The number of hydrogen-bond donors (Lipinski definition) is 0. The second-order valence-corrected chi connectivity index (χ2v) is 15.2. The van der Waals surface area contributed by atoms with E-state index in [0.717, 1.165) is 22.7 Å². The van der Waals surface area contributed by atoms with Gasteiger partial charge in [-0.3, -0.25) is 0 Å². The predicted molar refractivity (Wildman–Crippen MR) is 228 cm³/mol. The van der Waals surface area contributed by atoms with Crippen molar-refractivity contribution in [3.63, 3.8) is 0 Å². The first-order valence-electron chi connectivity index (χ1n) is 18.2. The molecule has 0 bridgehead atoms. The average Bonchev–Trinajstić information content (AvgIpc) is 3.86. The molecule has 1 aliphatic rings. The number of thiophene rings is 1. The highest BCUT2D eigenvalue weighted by molar-refractivity contribution is 7.25. The van der Waals surface area contributed by atoms with Crippen molar-refractivity contribution in [3.8, 4) is 27.9 Å². The SMILES string of the molecule is c1ccc(-n2c3ccccc3c3ccc(N(c4ccc5c(c4)-c4c6ccccc6cc6cccc-5c46)c4ccc5c(c4)sc4ccccc45)cc32)cc1. The van der Waals surface area contributed by atoms with Crippen LogP contribution in [0.3, 0.4) is 0 Å². The molecule has 0 saturated carbocycles. The van der Waals surface area contributed by atoms with Gasteiger partial charge in [0.25, 0.3) is 0 Å². The topological polar surface area (TPSA) is 8.17 Å². The molecule has 246 valence electrons. The Bertz CT molecular complexity index is 3290. The zero-order valence-electron chi connectivity index (χ0n) is 28.6. The molecular formula is C50H30N2S. The Labute approximate surface area is 310 Å². The minimum Gasteiger partial charge on any atom is -0.310 e. The molecule has 0 unspecified atom stereocenters. The number of nitrogens with zero attached hydrogens (tertiary/aromatic N) is 2. The van der Waals surface area contributed by atoms with Crippen molar-refractivity contribution in [1.82, 2.24) is 4.57 Å². The molecule has 0 saturated heterocycles. The standard InChI is InChI=1S/C50H30N2S/c1-2-13-33(14-3-1)52-45-19-8-6-16-39(45)40-25-22-35(29-46(40)52)51(36-23-26-42-41-17-7-9-20-47(41)53-48(42)30-36)34-21-24-38-43-18-10-12-32-27-31-11-4-5-15-37(31)50(49(32)43)44(38)28-34/h1-30H. The van der Waals surface area contributed by atoms with Crippen LogP contribution in [-0.4, -0.2) is 4.57 Å². The van der Waals surface area contributed by atoms with Crippen LogP contribution in [0.2, 0.25) is 0 Å². The molecule has 2 aromatic heterocycles. The fourth-order valence-electron chi connectivity index (χ4n) is 8.99. The van der Waals surface area contributed by atoms with E-state index < -0.39 is 0 Å². The number of anilines is 3. The second-order valence-electron chi connectivity index (χ2n) is 14.1. The van der Waals surface area contributed by atoms with E-state index in [1.165, 1.54) is 85.8 Å². The molecule has 2 heterocycles. The third-order valence-electron chi connectivity index (χ3n) is 11.3. The van der Waals surface area contributed by atoms with Gasteiger partial charge in [0.15, 0.2) is 0 Å². The Hall–Kier alpha value is -6.68. The van der Waals surface area contributed by atoms with E-state index in [1.54, 1.807) is 0 Å². The molecule has 12 rings (SSSR count). The van der Waals surface area contributed by atoms with Crippen molar-refractivity contribution < 1.29 is 0 Å². The third kappa shape index (κ3) is 4.14. The molecule has 0 fully saturated rings. The first-order chi connectivity index (χ1) is 26.3. The minimum absolute atomic E-state index is 1.12. The quantitative estimate of drug-likeness (QED) is 0.167. The van der Waals surface area contributed by atoms with Gasteiger partial charge in [0, 0.05) is 53.7 Å². The smallest absolute Gasteiger partial charge is 0.0561 e. The van der Waals surface area contributed by atoms with Gasteiger partial charge < -0.3 is 9.47 Å². The first-order valence-corrected chi connectivity index (χ1v) is 19.0. The third-order valence-corrected chi connectivity index (χ3v) is 12.4. The van der Waals surface area contributed by atoms with E-state index in [-0.39, 0.29) is 0 Å². The maximum Gasteiger partial charge on any atom is 0.0561 e. The van der Waals surface area contributed by atoms with Crippen molar-refractivity contribution in [2.24, 2.45) is 0 Å². The lowest BCUT2D eigenvalue weighted by molar-refractivity contribution is 1.18. The molecule has 0 aliphatic heterocycles. The van der Waals surface area contributed by atoms with E-state index in [9.17, 15) is 0 Å². The number of rotatable bonds is 4. The summed E-state index contributed by atoms with van der Waals surface area (Å²) in [6.45, 7) is 0. The van der Waals surface area contributed by atoms with Gasteiger partial charge in [0.1, 0.15) is 0 Å². The lowest BCUT2D eigenvalue weighted by Crippen LogP contribution is -2.10. The van der Waals surface area contributed by atoms with E-state index in [1.807, 2.05) is 11.3 Å². The van der Waals surface area contributed by atoms with E-state index in [4.69, 9.17) is 0 Å². The van der Waals surface area contributed by atoms with Gasteiger partial charge in [-0.05, 0) is 111 Å². The summed E-state index contributed by atoms with van der Waals surface area (Å²) in [7, 11) is 0. The van der Waals surface area contributed by atoms with Crippen LogP contribution in [0.5, 0.6) is 0 Å². The summed E-state index contributed by atoms with van der Waals surface area (Å²) in [4.78, 5) is 2.46. The molecule has 9 aromatic carbocycles. The van der Waals surface area contributed by atoms with Crippen LogP contribution >= 0.6 is 11.3 Å². The Morgan fingerprint density at radius 1 is 0.377 bits per heavy atom. The minimum atomic E-state index is 1.12. The van der Waals surface area contributed by atoms with Crippen molar-refractivity contribution in [3.05, 3.63) is 182 Å². The molecule has 0 radical (unpaired) electrons. The van der Waals surface area contributed by atoms with E-state index in [2.05, 4.69) is 191 Å². The normalized spacial score (nSPS) is 12.2. The molecule has 0 amide bonds. The van der Waals surface area contributed by atoms with Crippen LogP contribution in [0, 0.1) is 0 Å². The van der Waals surface area contributed by atoms with Crippen LogP contribution in [0.15, 0.2) is 182 Å². The predicted octanol–water partition coefficient (Wildman–Crippen LogP) is 14.6. The molecule has 0 atom stereocenters. The van der Waals surface area contributed by atoms with Crippen LogP contribution in [-0.2, 0) is 0 Å². The molecule has 0 N–H and O–H groups in total. The highest BCUT2D eigenvalue weighted by Gasteiger charge is 2.26. The van der Waals surface area contributed by atoms with Crippen LogP contribution in [0.4, 0.5) is 17.1 Å². The van der Waals surface area contributed by atoms with Gasteiger partial charge in [-0.2, -0.15) is 0 Å². The lowest BCUT2D eigenvalue weighted by Gasteiger charge is -2.27. The van der Waals surface area contributed by atoms with Crippen molar-refractivity contribution in [2.75, 3.05) is 4.90 Å². The maximum atomic E-state index is 2.46. The fourth-order valence-corrected chi connectivity index (χ4v) is 10.1. The van der Waals surface area contributed by atoms with E-state index >= 15 is 0 Å². The van der Waals surface area contributed by atoms with Gasteiger partial charge in [-0.15, -0.1) is 11.3 Å². The molecule has 3 heteroatoms. The summed E-state index contributed by atoms with van der Waals surface area (Å²) in [5, 5.41) is 10.3. The van der Waals surface area contributed by atoms with E-state index in [0.29, 0.717) is 0 Å². The van der Waals surface area contributed by atoms with Crippen molar-refractivity contribution in [2.45, 2.75) is 0 Å². The van der Waals surface area contributed by atoms with Crippen LogP contribution in [0.1, 0.15) is 0 Å². The highest BCUT2D eigenvalue weighted by Crippen LogP contribution is 2.52. The zero-order valence-corrected chi connectivity index (χ0v) is 29.4. The molecule has 1 aliphatic carbocycles. The van der Waals surface area contributed by atoms with Crippen molar-refractivity contribution in [1.29, 1.82) is 0 Å². The number of aromatic nitrogens is 1. The number of para-hydroxylation sites is 2. The van der Waals surface area contributed by atoms with Crippen LogP contribution < -0.4 is 4.90 Å². The summed E-state index contributed by atoms with van der Waals surface area (Å²) >= 11 is 1.87. The van der Waals surface area contributed by atoms with Gasteiger partial charge >= 0.3 is 0 Å². The molecular weight excluding hydrogens is 661 g/mol. The molecule has 0 spiro atoms. The summed E-state index contributed by atoms with van der Waals surface area (Å²) in [5.41, 5.74) is 12.2. The lowest BCUT2D eigenvalue weighted by atomic mass is 9.95. The maximum absolute atomic E-state index is 2.46. The second kappa shape index (κ2) is 10.9.